The maximum Gasteiger partial charge on any atom is 0.0689 e. The highest BCUT2D eigenvalue weighted by atomic mass is 35.5. The number of rotatable bonds is 9. The molecule has 0 fully saturated rings. The molecule has 0 heterocycles. The van der Waals surface area contributed by atoms with E-state index in [0.717, 1.165) is 44.9 Å². The molecule has 86 valence electrons. The van der Waals surface area contributed by atoms with Gasteiger partial charge >= 0.3 is 0 Å². The summed E-state index contributed by atoms with van der Waals surface area (Å²) < 4.78 is 0. The molecule has 1 unspecified atom stereocenters. The molecule has 1 atom stereocenters. The fourth-order valence-electron chi connectivity index (χ4n) is 1.81. The van der Waals surface area contributed by atoms with Crippen molar-refractivity contribution >= 4 is 11.6 Å². The van der Waals surface area contributed by atoms with Gasteiger partial charge in [0.05, 0.1) is 11.5 Å². The zero-order chi connectivity index (χ0) is 11.6. The Morgan fingerprint density at radius 2 is 2.00 bits per heavy atom. The Morgan fingerprint density at radius 3 is 2.47 bits per heavy atom. The minimum atomic E-state index is -0.116. The van der Waals surface area contributed by atoms with Gasteiger partial charge in [-0.2, -0.15) is 5.26 Å². The molecular weight excluding hydrogens is 206 g/mol. The lowest BCUT2D eigenvalue weighted by molar-refractivity contribution is 0.306. The number of nitriles is 1. The molecule has 15 heavy (non-hydrogen) atoms. The van der Waals surface area contributed by atoms with Gasteiger partial charge in [0.15, 0.2) is 0 Å². The third-order valence-electron chi connectivity index (χ3n) is 3.02. The molecule has 0 aromatic rings. The Hall–Kier alpha value is -0.480. The van der Waals surface area contributed by atoms with Gasteiger partial charge < -0.3 is 0 Å². The molecule has 0 spiro atoms. The summed E-state index contributed by atoms with van der Waals surface area (Å²) in [6.45, 7) is 5.82. The van der Waals surface area contributed by atoms with Crippen molar-refractivity contribution in [2.24, 2.45) is 5.41 Å². The first-order chi connectivity index (χ1) is 7.24. The van der Waals surface area contributed by atoms with E-state index in [-0.39, 0.29) is 5.41 Å². The predicted octanol–water partition coefficient (Wildman–Crippen LogP) is 4.67. The second-order valence-electron chi connectivity index (χ2n) is 4.07. The Kier molecular flexibility index (Phi) is 8.52. The van der Waals surface area contributed by atoms with Crippen molar-refractivity contribution in [1.29, 1.82) is 5.26 Å². The van der Waals surface area contributed by atoms with Gasteiger partial charge in [0.1, 0.15) is 0 Å². The Morgan fingerprint density at radius 1 is 1.33 bits per heavy atom. The van der Waals surface area contributed by atoms with Crippen LogP contribution in [0, 0.1) is 16.7 Å². The van der Waals surface area contributed by atoms with Crippen molar-refractivity contribution in [3.8, 4) is 6.07 Å². The minimum absolute atomic E-state index is 0.116. The van der Waals surface area contributed by atoms with Crippen molar-refractivity contribution in [3.63, 3.8) is 0 Å². The van der Waals surface area contributed by atoms with E-state index in [1.165, 1.54) is 0 Å². The van der Waals surface area contributed by atoms with E-state index in [0.29, 0.717) is 5.88 Å². The quantitative estimate of drug-likeness (QED) is 0.319. The second-order valence-corrected chi connectivity index (χ2v) is 4.45. The first-order valence-corrected chi connectivity index (χ1v) is 6.36. The van der Waals surface area contributed by atoms with Gasteiger partial charge in [0, 0.05) is 5.88 Å². The maximum absolute atomic E-state index is 9.27. The molecule has 0 aromatic carbocycles. The predicted molar refractivity (Wildman–Crippen MR) is 67.0 cm³/mol. The number of hydrogen-bond donors (Lipinski definition) is 0. The zero-order valence-electron chi connectivity index (χ0n) is 9.77. The van der Waals surface area contributed by atoms with E-state index in [1.54, 1.807) is 0 Å². The highest BCUT2D eigenvalue weighted by Crippen LogP contribution is 2.33. The van der Waals surface area contributed by atoms with Crippen molar-refractivity contribution in [2.45, 2.75) is 51.9 Å². The van der Waals surface area contributed by atoms with E-state index < -0.39 is 0 Å². The third kappa shape index (κ3) is 5.85. The molecule has 0 aliphatic heterocycles. The van der Waals surface area contributed by atoms with E-state index in [1.807, 2.05) is 6.08 Å². The molecule has 0 rings (SSSR count). The van der Waals surface area contributed by atoms with E-state index in [4.69, 9.17) is 11.6 Å². The van der Waals surface area contributed by atoms with Crippen LogP contribution in [0.2, 0.25) is 0 Å². The Labute approximate surface area is 99.1 Å². The van der Waals surface area contributed by atoms with Crippen LogP contribution in [0.5, 0.6) is 0 Å². The summed E-state index contributed by atoms with van der Waals surface area (Å²) in [5.41, 5.74) is -0.116. The fourth-order valence-corrected chi connectivity index (χ4v) is 2.00. The molecule has 0 aromatic heterocycles. The SMILES string of the molecule is C=CCCCC(C#N)(CC)CCCCCl. The summed E-state index contributed by atoms with van der Waals surface area (Å²) in [6.07, 6.45) is 9.04. The summed E-state index contributed by atoms with van der Waals surface area (Å²) in [7, 11) is 0. The summed E-state index contributed by atoms with van der Waals surface area (Å²) in [4.78, 5) is 0. The van der Waals surface area contributed by atoms with Gasteiger partial charge in [-0.05, 0) is 38.5 Å². The molecule has 0 amide bonds. The molecule has 2 heteroatoms. The number of nitrogens with zero attached hydrogens (tertiary/aromatic N) is 1. The molecule has 0 N–H and O–H groups in total. The van der Waals surface area contributed by atoms with Gasteiger partial charge in [-0.15, -0.1) is 18.2 Å². The van der Waals surface area contributed by atoms with Crippen molar-refractivity contribution < 1.29 is 0 Å². The van der Waals surface area contributed by atoms with E-state index >= 15 is 0 Å². The van der Waals surface area contributed by atoms with Crippen LogP contribution in [0.1, 0.15) is 51.9 Å². The highest BCUT2D eigenvalue weighted by molar-refractivity contribution is 6.17. The number of hydrogen-bond acceptors (Lipinski definition) is 1. The van der Waals surface area contributed by atoms with Crippen LogP contribution in [-0.2, 0) is 0 Å². The lowest BCUT2D eigenvalue weighted by Gasteiger charge is -2.24. The zero-order valence-corrected chi connectivity index (χ0v) is 10.5. The van der Waals surface area contributed by atoms with Crippen molar-refractivity contribution in [1.82, 2.24) is 0 Å². The van der Waals surface area contributed by atoms with Gasteiger partial charge in [0.2, 0.25) is 0 Å². The van der Waals surface area contributed by atoms with Gasteiger partial charge in [-0.1, -0.05) is 19.4 Å². The summed E-state index contributed by atoms with van der Waals surface area (Å²) in [5, 5.41) is 9.27. The van der Waals surface area contributed by atoms with Gasteiger partial charge in [-0.25, -0.2) is 0 Å². The molecule has 0 radical (unpaired) electrons. The number of alkyl halides is 1. The van der Waals surface area contributed by atoms with Crippen LogP contribution in [-0.4, -0.2) is 5.88 Å². The first kappa shape index (κ1) is 14.5. The smallest absolute Gasteiger partial charge is 0.0689 e. The van der Waals surface area contributed by atoms with Gasteiger partial charge in [-0.3, -0.25) is 0 Å². The standard InChI is InChI=1S/C13H22ClN/c1-3-5-6-9-13(4-2,12-15)10-7-8-11-14/h3H,1,4-11H2,2H3. The monoisotopic (exact) mass is 227 g/mol. The van der Waals surface area contributed by atoms with E-state index in [9.17, 15) is 5.26 Å². The Balaban J connectivity index is 4.06. The van der Waals surface area contributed by atoms with E-state index in [2.05, 4.69) is 19.6 Å². The lowest BCUT2D eigenvalue weighted by Crippen LogP contribution is -2.17. The largest absolute Gasteiger partial charge is 0.198 e. The first-order valence-electron chi connectivity index (χ1n) is 5.83. The number of allylic oxidation sites excluding steroid dienone is 1. The fraction of sp³-hybridized carbons (Fsp3) is 0.769. The average Bonchev–Trinajstić information content (AvgIpc) is 2.28. The summed E-state index contributed by atoms with van der Waals surface area (Å²) in [6, 6.07) is 2.51. The van der Waals surface area contributed by atoms with Crippen LogP contribution in [0.15, 0.2) is 12.7 Å². The molecule has 0 bridgehead atoms. The van der Waals surface area contributed by atoms with Crippen LogP contribution < -0.4 is 0 Å². The van der Waals surface area contributed by atoms with Gasteiger partial charge in [0.25, 0.3) is 0 Å². The molecule has 1 nitrogen and oxygen atoms in total. The third-order valence-corrected chi connectivity index (χ3v) is 3.28. The molecule has 0 saturated carbocycles. The molecule has 0 saturated heterocycles. The summed E-state index contributed by atoms with van der Waals surface area (Å²) >= 11 is 5.65. The number of halogens is 1. The number of unbranched alkanes of at least 4 members (excludes halogenated alkanes) is 2. The average molecular weight is 228 g/mol. The van der Waals surface area contributed by atoms with Crippen LogP contribution in [0.4, 0.5) is 0 Å². The highest BCUT2D eigenvalue weighted by Gasteiger charge is 2.26. The lowest BCUT2D eigenvalue weighted by atomic mass is 9.77. The topological polar surface area (TPSA) is 23.8 Å². The van der Waals surface area contributed by atoms with Crippen LogP contribution in [0.3, 0.4) is 0 Å². The van der Waals surface area contributed by atoms with Crippen molar-refractivity contribution in [2.75, 3.05) is 5.88 Å². The Bertz CT molecular complexity index is 207. The molecule has 0 aliphatic rings. The maximum atomic E-state index is 9.27. The molecular formula is C13H22ClN. The van der Waals surface area contributed by atoms with Crippen molar-refractivity contribution in [3.05, 3.63) is 12.7 Å². The minimum Gasteiger partial charge on any atom is -0.198 e. The summed E-state index contributed by atoms with van der Waals surface area (Å²) in [5.74, 6) is 0.706. The van der Waals surface area contributed by atoms with Crippen LogP contribution >= 0.6 is 11.6 Å². The molecule has 0 aliphatic carbocycles. The second kappa shape index (κ2) is 8.80. The normalized spacial score (nSPS) is 14.2. The van der Waals surface area contributed by atoms with Crippen LogP contribution in [0.25, 0.3) is 0 Å².